The van der Waals surface area contributed by atoms with Crippen LogP contribution in [-0.4, -0.2) is 40.7 Å². The molecule has 1 aliphatic heterocycles. The first-order chi connectivity index (χ1) is 10.1. The van der Waals surface area contributed by atoms with E-state index in [9.17, 15) is 4.79 Å². The van der Waals surface area contributed by atoms with Crippen LogP contribution in [0.4, 0.5) is 0 Å². The molecule has 0 amide bonds. The second kappa shape index (κ2) is 5.93. The van der Waals surface area contributed by atoms with Crippen LogP contribution in [0.3, 0.4) is 0 Å². The minimum atomic E-state index is 0.104. The third kappa shape index (κ3) is 3.06. The van der Waals surface area contributed by atoms with E-state index in [1.165, 1.54) is 19.3 Å². The maximum absolute atomic E-state index is 11.9. The average molecular weight is 289 g/mol. The lowest BCUT2D eigenvalue weighted by molar-refractivity contribution is 0.0311. The Kier molecular flexibility index (Phi) is 4.18. The molecule has 0 bridgehead atoms. The van der Waals surface area contributed by atoms with Gasteiger partial charge in [0.05, 0.1) is 0 Å². The van der Waals surface area contributed by atoms with E-state index in [0.29, 0.717) is 6.04 Å². The van der Waals surface area contributed by atoms with Crippen LogP contribution in [0.2, 0.25) is 0 Å². The van der Waals surface area contributed by atoms with Gasteiger partial charge in [-0.25, -0.2) is 0 Å². The molecule has 2 atom stereocenters. The molecule has 1 saturated heterocycles. The number of hydrogen-bond acceptors (Lipinski definition) is 3. The van der Waals surface area contributed by atoms with E-state index in [2.05, 4.69) is 24.1 Å². The summed E-state index contributed by atoms with van der Waals surface area (Å²) in [7, 11) is 0. The SMILES string of the molecule is CCC1CN(CCn2ccccc2=O)C(C)(C2CC2)CN1. The Labute approximate surface area is 127 Å². The van der Waals surface area contributed by atoms with Gasteiger partial charge in [-0.2, -0.15) is 0 Å². The van der Waals surface area contributed by atoms with Gasteiger partial charge in [-0.1, -0.05) is 13.0 Å². The van der Waals surface area contributed by atoms with Crippen molar-refractivity contribution in [1.29, 1.82) is 0 Å². The van der Waals surface area contributed by atoms with E-state index >= 15 is 0 Å². The number of pyridine rings is 1. The van der Waals surface area contributed by atoms with E-state index in [4.69, 9.17) is 0 Å². The number of nitrogens with zero attached hydrogens (tertiary/aromatic N) is 2. The summed E-state index contributed by atoms with van der Waals surface area (Å²) in [5.41, 5.74) is 0.372. The number of hydrogen-bond donors (Lipinski definition) is 1. The molecule has 1 aromatic heterocycles. The fourth-order valence-electron chi connectivity index (χ4n) is 3.60. The first kappa shape index (κ1) is 14.8. The van der Waals surface area contributed by atoms with Gasteiger partial charge in [0.25, 0.3) is 5.56 Å². The summed E-state index contributed by atoms with van der Waals surface area (Å²) in [6.45, 7) is 8.59. The zero-order valence-corrected chi connectivity index (χ0v) is 13.2. The topological polar surface area (TPSA) is 37.3 Å². The monoisotopic (exact) mass is 289 g/mol. The number of rotatable bonds is 5. The fraction of sp³-hybridized carbons (Fsp3) is 0.706. The molecule has 4 heteroatoms. The minimum Gasteiger partial charge on any atom is -0.314 e. The van der Waals surface area contributed by atoms with Crippen LogP contribution in [0, 0.1) is 5.92 Å². The zero-order valence-electron chi connectivity index (χ0n) is 13.2. The lowest BCUT2D eigenvalue weighted by Gasteiger charge is -2.48. The Bertz CT molecular complexity index is 537. The maximum Gasteiger partial charge on any atom is 0.250 e. The number of nitrogens with one attached hydrogen (secondary N) is 1. The molecule has 1 aliphatic carbocycles. The van der Waals surface area contributed by atoms with Gasteiger partial charge in [0, 0.05) is 50.0 Å². The molecule has 0 radical (unpaired) electrons. The van der Waals surface area contributed by atoms with Crippen molar-refractivity contribution in [2.45, 2.75) is 51.2 Å². The van der Waals surface area contributed by atoms with Gasteiger partial charge >= 0.3 is 0 Å². The molecule has 2 fully saturated rings. The fourth-order valence-corrected chi connectivity index (χ4v) is 3.60. The lowest BCUT2D eigenvalue weighted by atomic mass is 9.89. The van der Waals surface area contributed by atoms with Crippen LogP contribution in [-0.2, 0) is 6.54 Å². The van der Waals surface area contributed by atoms with Crippen molar-refractivity contribution in [2.24, 2.45) is 5.92 Å². The van der Waals surface area contributed by atoms with Gasteiger partial charge in [-0.3, -0.25) is 9.69 Å². The van der Waals surface area contributed by atoms with Crippen molar-refractivity contribution in [3.8, 4) is 0 Å². The molecule has 1 aromatic rings. The summed E-state index contributed by atoms with van der Waals surface area (Å²) in [4.78, 5) is 14.5. The van der Waals surface area contributed by atoms with Crippen molar-refractivity contribution >= 4 is 0 Å². The number of piperazine rings is 1. The summed E-state index contributed by atoms with van der Waals surface area (Å²) in [5.74, 6) is 0.829. The van der Waals surface area contributed by atoms with Gasteiger partial charge < -0.3 is 9.88 Å². The number of aromatic nitrogens is 1. The molecule has 4 nitrogen and oxygen atoms in total. The predicted molar refractivity (Wildman–Crippen MR) is 85.5 cm³/mol. The Morgan fingerprint density at radius 3 is 2.81 bits per heavy atom. The molecule has 0 spiro atoms. The summed E-state index contributed by atoms with van der Waals surface area (Å²) < 4.78 is 1.83. The highest BCUT2D eigenvalue weighted by Gasteiger charge is 2.47. The quantitative estimate of drug-likeness (QED) is 0.896. The van der Waals surface area contributed by atoms with E-state index in [1.807, 2.05) is 22.9 Å². The smallest absolute Gasteiger partial charge is 0.250 e. The predicted octanol–water partition coefficient (Wildman–Crippen LogP) is 1.70. The van der Waals surface area contributed by atoms with Gasteiger partial charge in [0.1, 0.15) is 0 Å². The highest BCUT2D eigenvalue weighted by atomic mass is 16.1. The van der Waals surface area contributed by atoms with Gasteiger partial charge in [0.2, 0.25) is 0 Å². The Hall–Kier alpha value is -1.13. The van der Waals surface area contributed by atoms with Crippen molar-refractivity contribution in [2.75, 3.05) is 19.6 Å². The second-order valence-corrected chi connectivity index (χ2v) is 6.80. The van der Waals surface area contributed by atoms with E-state index in [-0.39, 0.29) is 11.1 Å². The molecule has 1 saturated carbocycles. The summed E-state index contributed by atoms with van der Waals surface area (Å²) in [6.07, 6.45) is 5.78. The third-order valence-electron chi connectivity index (χ3n) is 5.37. The molecular formula is C17H27N3O. The largest absolute Gasteiger partial charge is 0.314 e. The second-order valence-electron chi connectivity index (χ2n) is 6.80. The normalized spacial score (nSPS) is 30.5. The molecule has 2 unspecified atom stereocenters. The minimum absolute atomic E-state index is 0.104. The van der Waals surface area contributed by atoms with Crippen molar-refractivity contribution in [3.05, 3.63) is 34.7 Å². The maximum atomic E-state index is 11.9. The van der Waals surface area contributed by atoms with E-state index < -0.39 is 0 Å². The van der Waals surface area contributed by atoms with Crippen LogP contribution in [0.5, 0.6) is 0 Å². The van der Waals surface area contributed by atoms with Crippen LogP contribution >= 0.6 is 0 Å². The standard InChI is InChI=1S/C17H27N3O/c1-3-15-12-20(17(2,13-18-15)14-7-8-14)11-10-19-9-5-4-6-16(19)21/h4-6,9,14-15,18H,3,7-8,10-13H2,1-2H3. The third-order valence-corrected chi connectivity index (χ3v) is 5.37. The average Bonchev–Trinajstić information content (AvgIpc) is 3.33. The Morgan fingerprint density at radius 2 is 2.14 bits per heavy atom. The van der Waals surface area contributed by atoms with E-state index in [0.717, 1.165) is 32.1 Å². The van der Waals surface area contributed by atoms with Crippen LogP contribution in [0.25, 0.3) is 0 Å². The lowest BCUT2D eigenvalue weighted by Crippen LogP contribution is -2.64. The molecule has 2 heterocycles. The molecule has 1 N–H and O–H groups in total. The Balaban J connectivity index is 1.70. The Morgan fingerprint density at radius 1 is 1.33 bits per heavy atom. The van der Waals surface area contributed by atoms with Crippen molar-refractivity contribution in [1.82, 2.24) is 14.8 Å². The summed E-state index contributed by atoms with van der Waals surface area (Å²) >= 11 is 0. The first-order valence-electron chi connectivity index (χ1n) is 8.27. The molecule has 116 valence electrons. The molecule has 2 aliphatic rings. The zero-order chi connectivity index (χ0) is 14.9. The molecule has 0 aromatic carbocycles. The molecule has 3 rings (SSSR count). The van der Waals surface area contributed by atoms with Crippen LogP contribution < -0.4 is 10.9 Å². The van der Waals surface area contributed by atoms with Crippen LogP contribution in [0.15, 0.2) is 29.2 Å². The highest BCUT2D eigenvalue weighted by molar-refractivity contribution is 5.05. The van der Waals surface area contributed by atoms with Gasteiger partial charge in [0.15, 0.2) is 0 Å². The summed E-state index contributed by atoms with van der Waals surface area (Å²) in [5, 5.41) is 3.71. The van der Waals surface area contributed by atoms with E-state index in [1.54, 1.807) is 6.07 Å². The first-order valence-corrected chi connectivity index (χ1v) is 8.27. The van der Waals surface area contributed by atoms with Gasteiger partial charge in [-0.05, 0) is 38.2 Å². The highest BCUT2D eigenvalue weighted by Crippen LogP contribution is 2.44. The van der Waals surface area contributed by atoms with Gasteiger partial charge in [-0.15, -0.1) is 0 Å². The molecular weight excluding hydrogens is 262 g/mol. The van der Waals surface area contributed by atoms with Crippen LogP contribution in [0.1, 0.15) is 33.1 Å². The van der Waals surface area contributed by atoms with Crippen molar-refractivity contribution in [3.63, 3.8) is 0 Å². The van der Waals surface area contributed by atoms with Crippen molar-refractivity contribution < 1.29 is 0 Å². The summed E-state index contributed by atoms with van der Waals surface area (Å²) in [6, 6.07) is 5.98. The molecule has 21 heavy (non-hydrogen) atoms.